The first-order chi connectivity index (χ1) is 14.6. The van der Waals surface area contributed by atoms with Gasteiger partial charge in [-0.15, -0.1) is 0 Å². The first-order valence-electron chi connectivity index (χ1n) is 9.11. The second-order valence-corrected chi connectivity index (χ2v) is 8.35. The van der Waals surface area contributed by atoms with Crippen LogP contribution in [-0.2, 0) is 29.7 Å². The van der Waals surface area contributed by atoms with E-state index in [9.17, 15) is 26.4 Å². The Morgan fingerprint density at radius 3 is 2.45 bits per heavy atom. The number of nitrogens with one attached hydrogen (secondary N) is 2. The van der Waals surface area contributed by atoms with Crippen molar-refractivity contribution in [2.75, 3.05) is 11.3 Å². The van der Waals surface area contributed by atoms with Gasteiger partial charge in [0.15, 0.2) is 0 Å². The summed E-state index contributed by atoms with van der Waals surface area (Å²) in [6, 6.07) is 8.97. The molecule has 11 heteroatoms. The molecule has 164 valence electrons. The number of amides is 1. The van der Waals surface area contributed by atoms with Crippen LogP contribution < -0.4 is 10.0 Å². The van der Waals surface area contributed by atoms with Gasteiger partial charge >= 0.3 is 6.18 Å². The fourth-order valence-electron chi connectivity index (χ4n) is 2.79. The van der Waals surface area contributed by atoms with E-state index in [4.69, 9.17) is 0 Å². The molecule has 0 bridgehead atoms. The summed E-state index contributed by atoms with van der Waals surface area (Å²) in [5.74, 6) is 0.423. The highest BCUT2D eigenvalue weighted by atomic mass is 32.2. The van der Waals surface area contributed by atoms with Crippen molar-refractivity contribution >= 4 is 21.6 Å². The Labute approximate surface area is 177 Å². The van der Waals surface area contributed by atoms with Gasteiger partial charge in [-0.3, -0.25) is 9.52 Å². The molecule has 7 nitrogen and oxygen atoms in total. The summed E-state index contributed by atoms with van der Waals surface area (Å²) in [6.07, 6.45) is -0.608. The number of carbonyl (C=O) groups excluding carboxylic acids is 1. The molecule has 0 aliphatic heterocycles. The molecule has 31 heavy (non-hydrogen) atoms. The smallest absolute Gasteiger partial charge is 0.352 e. The number of hydrogen-bond acceptors (Lipinski definition) is 4. The number of nitrogens with zero attached hydrogens (tertiary/aromatic N) is 2. The number of sulfonamides is 1. The molecule has 0 saturated carbocycles. The first kappa shape index (κ1) is 22.3. The van der Waals surface area contributed by atoms with Crippen LogP contribution in [0.5, 0.6) is 0 Å². The molecule has 0 aliphatic carbocycles. The monoisotopic (exact) mass is 452 g/mol. The van der Waals surface area contributed by atoms with Crippen LogP contribution in [0.4, 0.5) is 18.9 Å². The quantitative estimate of drug-likeness (QED) is 0.576. The number of anilines is 1. The van der Waals surface area contributed by atoms with Crippen LogP contribution >= 0.6 is 0 Å². The van der Waals surface area contributed by atoms with Crippen molar-refractivity contribution in [1.29, 1.82) is 0 Å². The Morgan fingerprint density at radius 2 is 1.84 bits per heavy atom. The van der Waals surface area contributed by atoms with Crippen molar-refractivity contribution in [3.05, 3.63) is 77.9 Å². The second kappa shape index (κ2) is 8.80. The molecule has 0 spiro atoms. The van der Waals surface area contributed by atoms with Gasteiger partial charge in [-0.2, -0.15) is 13.2 Å². The predicted octanol–water partition coefficient (Wildman–Crippen LogP) is 3.21. The van der Waals surface area contributed by atoms with Gasteiger partial charge < -0.3 is 9.88 Å². The number of alkyl halides is 3. The van der Waals surface area contributed by atoms with Crippen LogP contribution in [0.1, 0.15) is 21.7 Å². The van der Waals surface area contributed by atoms with E-state index in [1.165, 1.54) is 30.3 Å². The van der Waals surface area contributed by atoms with E-state index >= 15 is 0 Å². The molecule has 2 N–H and O–H groups in total. The molecule has 0 saturated heterocycles. The third kappa shape index (κ3) is 5.63. The lowest BCUT2D eigenvalue weighted by molar-refractivity contribution is -0.137. The van der Waals surface area contributed by atoms with Gasteiger partial charge in [0.2, 0.25) is 0 Å². The molecule has 0 unspecified atom stereocenters. The van der Waals surface area contributed by atoms with Crippen LogP contribution in [0, 0.1) is 0 Å². The molecule has 0 atom stereocenters. The number of imidazole rings is 1. The summed E-state index contributed by atoms with van der Waals surface area (Å²) in [6.45, 7) is 0.348. The van der Waals surface area contributed by atoms with E-state index in [1.807, 2.05) is 11.6 Å². The van der Waals surface area contributed by atoms with Crippen molar-refractivity contribution < 1.29 is 26.4 Å². The van der Waals surface area contributed by atoms with E-state index in [2.05, 4.69) is 15.0 Å². The molecule has 2 aromatic carbocycles. The Kier molecular flexibility index (Phi) is 6.34. The summed E-state index contributed by atoms with van der Waals surface area (Å²) >= 11 is 0. The summed E-state index contributed by atoms with van der Waals surface area (Å²) in [5.41, 5.74) is -0.936. The minimum absolute atomic E-state index is 0.186. The molecule has 3 rings (SSSR count). The highest BCUT2D eigenvalue weighted by Crippen LogP contribution is 2.31. The maximum Gasteiger partial charge on any atom is 0.416 e. The van der Waals surface area contributed by atoms with Crippen LogP contribution in [0.3, 0.4) is 0 Å². The Hall–Kier alpha value is -3.34. The van der Waals surface area contributed by atoms with Crippen molar-refractivity contribution in [1.82, 2.24) is 14.9 Å². The average molecular weight is 452 g/mol. The molecule has 0 aliphatic rings. The summed E-state index contributed by atoms with van der Waals surface area (Å²) < 4.78 is 67.3. The fraction of sp³-hybridized carbons (Fsp3) is 0.200. The number of aryl methyl sites for hydroxylation is 1. The minimum Gasteiger partial charge on any atom is -0.352 e. The van der Waals surface area contributed by atoms with Gasteiger partial charge in [0.25, 0.3) is 15.9 Å². The van der Waals surface area contributed by atoms with Gasteiger partial charge in [0.1, 0.15) is 5.82 Å². The zero-order chi connectivity index (χ0) is 22.6. The number of rotatable bonds is 7. The molecular formula is C20H19F3N4O3S. The highest BCUT2D eigenvalue weighted by Gasteiger charge is 2.30. The topological polar surface area (TPSA) is 93.1 Å². The number of halogens is 3. The van der Waals surface area contributed by atoms with Crippen molar-refractivity contribution in [3.8, 4) is 0 Å². The Bertz CT molecular complexity index is 1170. The summed E-state index contributed by atoms with van der Waals surface area (Å²) in [7, 11) is -2.29. The Balaban J connectivity index is 1.64. The summed E-state index contributed by atoms with van der Waals surface area (Å²) in [5, 5.41) is 2.72. The molecule has 1 amide bonds. The zero-order valence-electron chi connectivity index (χ0n) is 16.3. The largest absolute Gasteiger partial charge is 0.416 e. The molecule has 0 fully saturated rings. The lowest BCUT2D eigenvalue weighted by atomic mass is 10.2. The van der Waals surface area contributed by atoms with Gasteiger partial charge in [-0.05, 0) is 42.5 Å². The molecular weight excluding hydrogens is 433 g/mol. The van der Waals surface area contributed by atoms with Crippen molar-refractivity contribution in [3.63, 3.8) is 0 Å². The first-order valence-corrected chi connectivity index (χ1v) is 10.6. The lowest BCUT2D eigenvalue weighted by Gasteiger charge is -2.11. The fourth-order valence-corrected chi connectivity index (χ4v) is 3.84. The second-order valence-electron chi connectivity index (χ2n) is 6.67. The van der Waals surface area contributed by atoms with E-state index in [0.29, 0.717) is 19.0 Å². The maximum atomic E-state index is 12.8. The van der Waals surface area contributed by atoms with Gasteiger partial charge in [-0.25, -0.2) is 13.4 Å². The third-order valence-electron chi connectivity index (χ3n) is 4.42. The lowest BCUT2D eigenvalue weighted by Crippen LogP contribution is -2.26. The van der Waals surface area contributed by atoms with Gasteiger partial charge in [-0.1, -0.05) is 6.07 Å². The van der Waals surface area contributed by atoms with E-state index in [-0.39, 0.29) is 22.1 Å². The standard InChI is InChI=1S/C20H19F3N4O3S/c1-27-12-11-24-18(27)9-10-25-19(28)14-5-7-17(8-6-14)31(29,30)26-16-4-2-3-15(13-16)20(21,22)23/h2-8,11-13,26H,9-10H2,1H3,(H,25,28). The Morgan fingerprint density at radius 1 is 1.13 bits per heavy atom. The zero-order valence-corrected chi connectivity index (χ0v) is 17.2. The number of benzene rings is 2. The highest BCUT2D eigenvalue weighted by molar-refractivity contribution is 7.92. The number of hydrogen-bond donors (Lipinski definition) is 2. The SMILES string of the molecule is Cn1ccnc1CCNC(=O)c1ccc(S(=O)(=O)Nc2cccc(C(F)(F)F)c2)cc1. The van der Waals surface area contributed by atoms with Crippen molar-refractivity contribution in [2.45, 2.75) is 17.5 Å². The third-order valence-corrected chi connectivity index (χ3v) is 5.82. The number of carbonyl (C=O) groups is 1. The minimum atomic E-state index is -4.59. The molecule has 1 aromatic heterocycles. The predicted molar refractivity (Wildman–Crippen MR) is 108 cm³/mol. The molecule has 1 heterocycles. The van der Waals surface area contributed by atoms with E-state index in [1.54, 1.807) is 12.4 Å². The van der Waals surface area contributed by atoms with Gasteiger partial charge in [0, 0.05) is 43.7 Å². The van der Waals surface area contributed by atoms with Crippen LogP contribution in [0.15, 0.2) is 65.8 Å². The van der Waals surface area contributed by atoms with Crippen LogP contribution in [-0.4, -0.2) is 30.4 Å². The van der Waals surface area contributed by atoms with Gasteiger partial charge in [0.05, 0.1) is 10.5 Å². The maximum absolute atomic E-state index is 12.8. The average Bonchev–Trinajstić information content (AvgIpc) is 3.12. The normalized spacial score (nSPS) is 11.9. The number of aromatic nitrogens is 2. The van der Waals surface area contributed by atoms with E-state index < -0.39 is 21.8 Å². The molecule has 3 aromatic rings. The summed E-state index contributed by atoms with van der Waals surface area (Å²) in [4.78, 5) is 16.2. The van der Waals surface area contributed by atoms with Crippen molar-refractivity contribution in [2.24, 2.45) is 7.05 Å². The molecule has 0 radical (unpaired) electrons. The van der Waals surface area contributed by atoms with E-state index in [0.717, 1.165) is 18.0 Å². The van der Waals surface area contributed by atoms with Crippen LogP contribution in [0.25, 0.3) is 0 Å². The van der Waals surface area contributed by atoms with Crippen LogP contribution in [0.2, 0.25) is 0 Å².